The Balaban J connectivity index is 2.26. The first-order chi connectivity index (χ1) is 8.13. The monoisotopic (exact) mass is 256 g/mol. The Morgan fingerprint density at radius 1 is 1.47 bits per heavy atom. The fourth-order valence-corrected chi connectivity index (χ4v) is 1.65. The van der Waals surface area contributed by atoms with E-state index in [1.165, 1.54) is 0 Å². The Kier molecular flexibility index (Phi) is 5.80. The molecule has 0 saturated carbocycles. The molecule has 1 atom stereocenters. The third-order valence-corrected chi connectivity index (χ3v) is 2.61. The van der Waals surface area contributed by atoms with Crippen LogP contribution in [0.5, 0.6) is 0 Å². The molecule has 0 bridgehead atoms. The van der Waals surface area contributed by atoms with Crippen molar-refractivity contribution in [2.75, 3.05) is 18.4 Å². The maximum Gasteiger partial charge on any atom is 0.320 e. The molecule has 1 aromatic carbocycles. The zero-order valence-electron chi connectivity index (χ0n) is 9.74. The Hall–Kier alpha value is -1.26. The summed E-state index contributed by atoms with van der Waals surface area (Å²) < 4.78 is 0. The molecule has 0 fully saturated rings. The molecular weight excluding hydrogens is 240 g/mol. The standard InChI is InChI=1S/C12H17ClN2O2/c1-2-11(12(16)17)15-7-6-14-10-5-3-4-9(13)8-10/h3-5,8,11,14-15H,2,6-7H2,1H3,(H,16,17). The number of hydrogen-bond acceptors (Lipinski definition) is 3. The zero-order chi connectivity index (χ0) is 12.7. The summed E-state index contributed by atoms with van der Waals surface area (Å²) in [5, 5.41) is 15.6. The molecule has 0 spiro atoms. The highest BCUT2D eigenvalue weighted by Crippen LogP contribution is 2.14. The van der Waals surface area contributed by atoms with Gasteiger partial charge in [-0.1, -0.05) is 24.6 Å². The average Bonchev–Trinajstić information content (AvgIpc) is 2.28. The van der Waals surface area contributed by atoms with Crippen molar-refractivity contribution in [3.05, 3.63) is 29.3 Å². The maximum atomic E-state index is 10.7. The minimum atomic E-state index is -0.810. The number of anilines is 1. The minimum Gasteiger partial charge on any atom is -0.480 e. The van der Waals surface area contributed by atoms with Crippen molar-refractivity contribution in [3.63, 3.8) is 0 Å². The summed E-state index contributed by atoms with van der Waals surface area (Å²) in [7, 11) is 0. The van der Waals surface area contributed by atoms with E-state index in [-0.39, 0.29) is 0 Å². The lowest BCUT2D eigenvalue weighted by molar-refractivity contribution is -0.139. The van der Waals surface area contributed by atoms with Crippen LogP contribution in [-0.4, -0.2) is 30.2 Å². The van der Waals surface area contributed by atoms with Crippen LogP contribution >= 0.6 is 11.6 Å². The highest BCUT2D eigenvalue weighted by atomic mass is 35.5. The molecule has 4 nitrogen and oxygen atoms in total. The Morgan fingerprint density at radius 2 is 2.24 bits per heavy atom. The van der Waals surface area contributed by atoms with Gasteiger partial charge in [-0.05, 0) is 24.6 Å². The van der Waals surface area contributed by atoms with Crippen molar-refractivity contribution in [1.82, 2.24) is 5.32 Å². The highest BCUT2D eigenvalue weighted by Gasteiger charge is 2.12. The third kappa shape index (κ3) is 5.06. The van der Waals surface area contributed by atoms with Gasteiger partial charge in [0.05, 0.1) is 0 Å². The summed E-state index contributed by atoms with van der Waals surface area (Å²) in [5.41, 5.74) is 0.933. The van der Waals surface area contributed by atoms with Gasteiger partial charge in [-0.2, -0.15) is 0 Å². The van der Waals surface area contributed by atoms with Crippen molar-refractivity contribution in [2.24, 2.45) is 0 Å². The number of halogens is 1. The van der Waals surface area contributed by atoms with Gasteiger partial charge in [-0.15, -0.1) is 0 Å². The van der Waals surface area contributed by atoms with Gasteiger partial charge in [0.2, 0.25) is 0 Å². The number of carbonyl (C=O) groups is 1. The molecule has 0 heterocycles. The molecule has 0 radical (unpaired) electrons. The molecule has 17 heavy (non-hydrogen) atoms. The van der Waals surface area contributed by atoms with Crippen LogP contribution in [0, 0.1) is 0 Å². The van der Waals surface area contributed by atoms with Crippen LogP contribution in [0.25, 0.3) is 0 Å². The predicted molar refractivity (Wildman–Crippen MR) is 69.7 cm³/mol. The zero-order valence-corrected chi connectivity index (χ0v) is 10.5. The first-order valence-corrected chi connectivity index (χ1v) is 5.97. The number of carboxylic acid groups (broad SMARTS) is 1. The molecule has 1 aromatic rings. The topological polar surface area (TPSA) is 61.4 Å². The summed E-state index contributed by atoms with van der Waals surface area (Å²) >= 11 is 5.84. The number of nitrogens with one attached hydrogen (secondary N) is 2. The van der Waals surface area contributed by atoms with E-state index in [4.69, 9.17) is 16.7 Å². The number of benzene rings is 1. The average molecular weight is 257 g/mol. The van der Waals surface area contributed by atoms with Crippen LogP contribution in [0.2, 0.25) is 5.02 Å². The van der Waals surface area contributed by atoms with Gasteiger partial charge in [0.1, 0.15) is 6.04 Å². The van der Waals surface area contributed by atoms with E-state index < -0.39 is 12.0 Å². The van der Waals surface area contributed by atoms with Crippen LogP contribution < -0.4 is 10.6 Å². The molecule has 1 rings (SSSR count). The van der Waals surface area contributed by atoms with Gasteiger partial charge in [0, 0.05) is 23.8 Å². The molecule has 5 heteroatoms. The number of rotatable bonds is 7. The molecule has 94 valence electrons. The van der Waals surface area contributed by atoms with Crippen molar-refractivity contribution < 1.29 is 9.90 Å². The second-order valence-electron chi connectivity index (χ2n) is 3.69. The number of carboxylic acids is 1. The van der Waals surface area contributed by atoms with Crippen molar-refractivity contribution >= 4 is 23.3 Å². The van der Waals surface area contributed by atoms with Gasteiger partial charge >= 0.3 is 5.97 Å². The molecule has 0 amide bonds. The van der Waals surface area contributed by atoms with Crippen molar-refractivity contribution in [3.8, 4) is 0 Å². The quantitative estimate of drug-likeness (QED) is 0.655. The number of aliphatic carboxylic acids is 1. The van der Waals surface area contributed by atoms with Crippen LogP contribution in [0.1, 0.15) is 13.3 Å². The lowest BCUT2D eigenvalue weighted by Gasteiger charge is -2.13. The predicted octanol–water partition coefficient (Wildman–Crippen LogP) is 2.20. The summed E-state index contributed by atoms with van der Waals surface area (Å²) in [6, 6.07) is 6.94. The van der Waals surface area contributed by atoms with Gasteiger partial charge in [0.15, 0.2) is 0 Å². The lowest BCUT2D eigenvalue weighted by Crippen LogP contribution is -2.38. The molecular formula is C12H17ClN2O2. The maximum absolute atomic E-state index is 10.7. The SMILES string of the molecule is CCC(NCCNc1cccc(Cl)c1)C(=O)O. The summed E-state index contributed by atoms with van der Waals surface area (Å²) in [5.74, 6) is -0.810. The van der Waals surface area contributed by atoms with E-state index >= 15 is 0 Å². The van der Waals surface area contributed by atoms with E-state index in [0.29, 0.717) is 24.5 Å². The molecule has 1 unspecified atom stereocenters. The van der Waals surface area contributed by atoms with Gasteiger partial charge in [-0.25, -0.2) is 0 Å². The number of hydrogen-bond donors (Lipinski definition) is 3. The van der Waals surface area contributed by atoms with Crippen LogP contribution in [-0.2, 0) is 4.79 Å². The molecule has 0 aliphatic heterocycles. The summed E-state index contributed by atoms with van der Waals surface area (Å²) in [6.45, 7) is 3.09. The third-order valence-electron chi connectivity index (χ3n) is 2.38. The van der Waals surface area contributed by atoms with Crippen molar-refractivity contribution in [1.29, 1.82) is 0 Å². The van der Waals surface area contributed by atoms with E-state index in [0.717, 1.165) is 5.69 Å². The molecule has 0 aliphatic carbocycles. The first-order valence-electron chi connectivity index (χ1n) is 5.59. The van der Waals surface area contributed by atoms with Gasteiger partial charge < -0.3 is 15.7 Å². The molecule has 0 saturated heterocycles. The molecule has 0 aliphatic rings. The normalized spacial score (nSPS) is 12.1. The Morgan fingerprint density at radius 3 is 2.82 bits per heavy atom. The Labute approximate surface area is 106 Å². The van der Waals surface area contributed by atoms with Crippen molar-refractivity contribution in [2.45, 2.75) is 19.4 Å². The molecule has 0 aromatic heterocycles. The van der Waals surface area contributed by atoms with Gasteiger partial charge in [-0.3, -0.25) is 4.79 Å². The lowest BCUT2D eigenvalue weighted by atomic mass is 10.2. The van der Waals surface area contributed by atoms with Crippen LogP contribution in [0.15, 0.2) is 24.3 Å². The fraction of sp³-hybridized carbons (Fsp3) is 0.417. The molecule has 3 N–H and O–H groups in total. The second-order valence-corrected chi connectivity index (χ2v) is 4.13. The second kappa shape index (κ2) is 7.14. The van der Waals surface area contributed by atoms with E-state index in [9.17, 15) is 4.79 Å². The highest BCUT2D eigenvalue weighted by molar-refractivity contribution is 6.30. The van der Waals surface area contributed by atoms with Crippen LogP contribution in [0.3, 0.4) is 0 Å². The van der Waals surface area contributed by atoms with Gasteiger partial charge in [0.25, 0.3) is 0 Å². The largest absolute Gasteiger partial charge is 0.480 e. The van der Waals surface area contributed by atoms with E-state index in [2.05, 4.69) is 10.6 Å². The van der Waals surface area contributed by atoms with E-state index in [1.54, 1.807) is 0 Å². The summed E-state index contributed by atoms with van der Waals surface area (Å²) in [4.78, 5) is 10.7. The summed E-state index contributed by atoms with van der Waals surface area (Å²) in [6.07, 6.45) is 0.576. The fourth-order valence-electron chi connectivity index (χ4n) is 1.46. The first kappa shape index (κ1) is 13.8. The van der Waals surface area contributed by atoms with Crippen LogP contribution in [0.4, 0.5) is 5.69 Å². The minimum absolute atomic E-state index is 0.476. The van der Waals surface area contributed by atoms with E-state index in [1.807, 2.05) is 31.2 Å². The smallest absolute Gasteiger partial charge is 0.320 e. The Bertz CT molecular complexity index is 371.